The van der Waals surface area contributed by atoms with Gasteiger partial charge in [-0.3, -0.25) is 19.1 Å². The summed E-state index contributed by atoms with van der Waals surface area (Å²) in [6, 6.07) is 5.89. The second-order valence-electron chi connectivity index (χ2n) is 6.83. The van der Waals surface area contributed by atoms with Crippen LogP contribution in [0.3, 0.4) is 0 Å². The standard InChI is InChI=1S/C22H21N3O3S4/c1-5-10-24-18(26)16(31-21(24)17-19(27)25(11-6-2)22(29)32-17)20-23(7-3)14-12-13(28-4)8-9-15(14)30-20/h5-6,8-9,12H,1-2,7,10-11H2,3-4H3/b20-16-,21-17+. The van der Waals surface area contributed by atoms with Gasteiger partial charge < -0.3 is 9.64 Å². The number of nitrogens with zero attached hydrogens (tertiary/aromatic N) is 3. The van der Waals surface area contributed by atoms with Gasteiger partial charge in [0.25, 0.3) is 11.5 Å². The summed E-state index contributed by atoms with van der Waals surface area (Å²) >= 11 is 9.50. The van der Waals surface area contributed by atoms with E-state index in [4.69, 9.17) is 17.0 Å². The first-order chi connectivity index (χ1) is 15.4. The van der Waals surface area contributed by atoms with Gasteiger partial charge in [-0.05, 0) is 19.1 Å². The maximum absolute atomic E-state index is 13.5. The van der Waals surface area contributed by atoms with Crippen molar-refractivity contribution in [1.82, 2.24) is 9.47 Å². The molecule has 2 aliphatic rings. The molecule has 166 valence electrons. The van der Waals surface area contributed by atoms with Crippen molar-refractivity contribution in [3.05, 3.63) is 63.1 Å². The molecule has 1 aromatic heterocycles. The number of thiazole rings is 1. The summed E-state index contributed by atoms with van der Waals surface area (Å²) in [5.74, 6) is 0.564. The van der Waals surface area contributed by atoms with Crippen LogP contribution < -0.4 is 24.4 Å². The molecule has 3 heterocycles. The number of allylic oxidation sites excluding steroid dienone is 1. The van der Waals surface area contributed by atoms with Crippen LogP contribution in [0.25, 0.3) is 9.93 Å². The van der Waals surface area contributed by atoms with E-state index in [1.54, 1.807) is 35.6 Å². The van der Waals surface area contributed by atoms with Crippen LogP contribution in [-0.2, 0) is 11.3 Å². The third-order valence-electron chi connectivity index (χ3n) is 4.97. The second-order valence-corrected chi connectivity index (χ2v) is 10.5. The number of ether oxygens (including phenoxy) is 1. The molecule has 0 N–H and O–H groups in total. The van der Waals surface area contributed by atoms with Crippen LogP contribution >= 0.6 is 47.1 Å². The van der Waals surface area contributed by atoms with Crippen LogP contribution in [0.1, 0.15) is 6.92 Å². The predicted octanol–water partition coefficient (Wildman–Crippen LogP) is 2.96. The predicted molar refractivity (Wildman–Crippen MR) is 139 cm³/mol. The molecule has 0 unspecified atom stereocenters. The third kappa shape index (κ3) is 3.75. The summed E-state index contributed by atoms with van der Waals surface area (Å²) < 4.78 is 8.66. The maximum atomic E-state index is 13.5. The molecular formula is C22H21N3O3S4. The third-order valence-corrected chi connectivity index (χ3v) is 9.04. The fourth-order valence-electron chi connectivity index (χ4n) is 3.50. The molecule has 2 aromatic rings. The second kappa shape index (κ2) is 9.30. The number of methoxy groups -OCH3 is 1. The van der Waals surface area contributed by atoms with Crippen molar-refractivity contribution in [3.8, 4) is 5.75 Å². The number of benzene rings is 1. The summed E-state index contributed by atoms with van der Waals surface area (Å²) in [6.45, 7) is 10.9. The Labute approximate surface area is 203 Å². The van der Waals surface area contributed by atoms with Crippen LogP contribution in [0.5, 0.6) is 5.75 Å². The normalized spacial score (nSPS) is 18.9. The minimum Gasteiger partial charge on any atom is -0.497 e. The number of thioether (sulfide) groups is 2. The Balaban J connectivity index is 1.97. The van der Waals surface area contributed by atoms with Gasteiger partial charge in [0.15, 0.2) is 0 Å². The van der Waals surface area contributed by atoms with Crippen LogP contribution in [0, 0.1) is 0 Å². The Morgan fingerprint density at radius 2 is 1.88 bits per heavy atom. The largest absolute Gasteiger partial charge is 0.497 e. The molecule has 0 saturated carbocycles. The lowest BCUT2D eigenvalue weighted by atomic mass is 10.2. The highest BCUT2D eigenvalue weighted by Crippen LogP contribution is 2.47. The molecular weight excluding hydrogens is 483 g/mol. The van der Waals surface area contributed by atoms with Crippen LogP contribution in [-0.4, -0.2) is 39.9 Å². The lowest BCUT2D eigenvalue weighted by molar-refractivity contribution is -0.120. The van der Waals surface area contributed by atoms with E-state index in [-0.39, 0.29) is 11.5 Å². The van der Waals surface area contributed by atoms with Crippen molar-refractivity contribution in [2.45, 2.75) is 18.4 Å². The first-order valence-electron chi connectivity index (χ1n) is 9.82. The number of carbonyl (C=O) groups is 1. The zero-order chi connectivity index (χ0) is 23.0. The zero-order valence-corrected chi connectivity index (χ0v) is 20.9. The fraction of sp³-hybridized carbons (Fsp3) is 0.227. The molecule has 0 aliphatic carbocycles. The van der Waals surface area contributed by atoms with Crippen LogP contribution in [0.15, 0.2) is 53.2 Å². The number of hydrogen-bond acceptors (Lipinski definition) is 8. The quantitative estimate of drug-likeness (QED) is 0.444. The van der Waals surface area contributed by atoms with Gasteiger partial charge >= 0.3 is 0 Å². The van der Waals surface area contributed by atoms with Crippen molar-refractivity contribution < 1.29 is 9.53 Å². The molecule has 0 spiro atoms. The lowest BCUT2D eigenvalue weighted by Gasteiger charge is -2.17. The van der Waals surface area contributed by atoms with E-state index in [0.29, 0.717) is 38.1 Å². The molecule has 6 nitrogen and oxygen atoms in total. The molecule has 1 amide bonds. The molecule has 32 heavy (non-hydrogen) atoms. The Morgan fingerprint density at radius 3 is 2.53 bits per heavy atom. The molecule has 4 rings (SSSR count). The molecule has 1 fully saturated rings. The van der Waals surface area contributed by atoms with Gasteiger partial charge in [0, 0.05) is 30.6 Å². The molecule has 0 atom stereocenters. The van der Waals surface area contributed by atoms with E-state index in [0.717, 1.165) is 21.4 Å². The minimum atomic E-state index is -0.199. The van der Waals surface area contributed by atoms with Crippen molar-refractivity contribution in [1.29, 1.82) is 0 Å². The lowest BCUT2D eigenvalue weighted by Crippen LogP contribution is -2.35. The molecule has 0 bridgehead atoms. The van der Waals surface area contributed by atoms with Gasteiger partial charge in [0.1, 0.15) is 29.2 Å². The summed E-state index contributed by atoms with van der Waals surface area (Å²) in [5.41, 5.74) is 0.869. The van der Waals surface area contributed by atoms with Gasteiger partial charge in [-0.1, -0.05) is 47.9 Å². The number of anilines is 1. The van der Waals surface area contributed by atoms with Crippen molar-refractivity contribution in [3.63, 3.8) is 0 Å². The van der Waals surface area contributed by atoms with Crippen molar-refractivity contribution in [2.75, 3.05) is 25.1 Å². The van der Waals surface area contributed by atoms with E-state index in [2.05, 4.69) is 18.1 Å². The number of thiocarbonyl (C=S) groups is 1. The van der Waals surface area contributed by atoms with Gasteiger partial charge in [-0.25, -0.2) is 0 Å². The summed E-state index contributed by atoms with van der Waals surface area (Å²) in [4.78, 5) is 31.7. The van der Waals surface area contributed by atoms with E-state index in [1.165, 1.54) is 28.0 Å². The number of aromatic nitrogens is 1. The highest BCUT2D eigenvalue weighted by Gasteiger charge is 2.34. The van der Waals surface area contributed by atoms with Crippen molar-refractivity contribution >= 4 is 72.9 Å². The highest BCUT2D eigenvalue weighted by molar-refractivity contribution is 8.30. The van der Waals surface area contributed by atoms with E-state index >= 15 is 0 Å². The Hall–Kier alpha value is -2.27. The van der Waals surface area contributed by atoms with E-state index in [1.807, 2.05) is 25.1 Å². The van der Waals surface area contributed by atoms with Crippen molar-refractivity contribution in [2.24, 2.45) is 0 Å². The van der Waals surface area contributed by atoms with Gasteiger partial charge in [-0.2, -0.15) is 0 Å². The fourth-order valence-corrected chi connectivity index (χ4v) is 7.41. The Bertz CT molecular complexity index is 1320. The average Bonchev–Trinajstić information content (AvgIpc) is 3.40. The first-order valence-corrected chi connectivity index (χ1v) is 12.7. The number of carbonyl (C=O) groups excluding carboxylic acids is 1. The summed E-state index contributed by atoms with van der Waals surface area (Å²) in [5, 5.41) is 0.858. The smallest absolute Gasteiger partial charge is 0.272 e. The highest BCUT2D eigenvalue weighted by atomic mass is 32.2. The number of amides is 1. The van der Waals surface area contributed by atoms with E-state index < -0.39 is 0 Å². The topological polar surface area (TPSA) is 54.8 Å². The van der Waals surface area contributed by atoms with Gasteiger partial charge in [0.2, 0.25) is 0 Å². The number of fused-ring (bicyclic) bond motifs is 1. The maximum Gasteiger partial charge on any atom is 0.272 e. The Morgan fingerprint density at radius 1 is 1.12 bits per heavy atom. The monoisotopic (exact) mass is 503 g/mol. The van der Waals surface area contributed by atoms with E-state index in [9.17, 15) is 9.59 Å². The molecule has 10 heteroatoms. The van der Waals surface area contributed by atoms with Gasteiger partial charge in [-0.15, -0.1) is 24.5 Å². The first kappa shape index (κ1) is 22.9. The average molecular weight is 504 g/mol. The molecule has 0 radical (unpaired) electrons. The SMILES string of the molecule is C=CCN1C(=O)/C(=c2\s/c(=C3\Sc4ccc(OC)cc4N3CC)c(=O)n2CC=C)SC1=S. The van der Waals surface area contributed by atoms with Gasteiger partial charge in [0.05, 0.1) is 12.8 Å². The molecule has 1 saturated heterocycles. The summed E-state index contributed by atoms with van der Waals surface area (Å²) in [6.07, 6.45) is 3.30. The van der Waals surface area contributed by atoms with Crippen LogP contribution in [0.4, 0.5) is 5.69 Å². The minimum absolute atomic E-state index is 0.139. The summed E-state index contributed by atoms with van der Waals surface area (Å²) in [7, 11) is 1.64. The Kier molecular flexibility index (Phi) is 6.66. The number of hydrogen-bond donors (Lipinski definition) is 0. The molecule has 1 aromatic carbocycles. The zero-order valence-electron chi connectivity index (χ0n) is 17.6. The molecule has 2 aliphatic heterocycles. The number of rotatable bonds is 6. The van der Waals surface area contributed by atoms with Crippen LogP contribution in [0.2, 0.25) is 0 Å².